The lowest BCUT2D eigenvalue weighted by atomic mass is 10.2. The Labute approximate surface area is 125 Å². The molecule has 114 valence electrons. The van der Waals surface area contributed by atoms with E-state index in [1.54, 1.807) is 18.2 Å². The molecule has 0 spiro atoms. The summed E-state index contributed by atoms with van der Waals surface area (Å²) in [6, 6.07) is 8.67. The van der Waals surface area contributed by atoms with Gasteiger partial charge in [0.1, 0.15) is 10.7 Å². The van der Waals surface area contributed by atoms with Crippen LogP contribution in [-0.4, -0.2) is 21.8 Å². The van der Waals surface area contributed by atoms with Gasteiger partial charge >= 0.3 is 5.88 Å². The molecule has 0 atom stereocenters. The van der Waals surface area contributed by atoms with Crippen LogP contribution in [0.4, 0.5) is 10.3 Å². The number of hydrogen-bond acceptors (Lipinski definition) is 4. The van der Waals surface area contributed by atoms with Crippen molar-refractivity contribution >= 4 is 11.8 Å². The van der Waals surface area contributed by atoms with Gasteiger partial charge in [0.15, 0.2) is 5.76 Å². The minimum Gasteiger partial charge on any atom is -0.395 e. The molecule has 0 bridgehead atoms. The second-order valence-electron chi connectivity index (χ2n) is 5.15. The highest BCUT2D eigenvalue weighted by Gasteiger charge is 2.35. The third-order valence-electron chi connectivity index (χ3n) is 3.53. The number of furan rings is 1. The van der Waals surface area contributed by atoms with Crippen molar-refractivity contribution in [2.45, 2.75) is 25.4 Å². The highest BCUT2D eigenvalue weighted by atomic mass is 19.1. The van der Waals surface area contributed by atoms with Crippen molar-refractivity contribution in [2.75, 3.05) is 0 Å². The molecule has 0 radical (unpaired) electrons. The molecule has 0 aliphatic heterocycles. The summed E-state index contributed by atoms with van der Waals surface area (Å²) in [6.07, 6.45) is 1.67. The Kier molecular flexibility index (Phi) is 3.62. The van der Waals surface area contributed by atoms with Gasteiger partial charge in [0.25, 0.3) is 5.91 Å². The second kappa shape index (κ2) is 5.59. The van der Waals surface area contributed by atoms with Crippen LogP contribution in [0.1, 0.15) is 29.0 Å². The molecule has 0 saturated heterocycles. The van der Waals surface area contributed by atoms with Crippen molar-refractivity contribution < 1.29 is 18.5 Å². The molecule has 6 nitrogen and oxygen atoms in total. The fourth-order valence-electron chi connectivity index (χ4n) is 2.25. The lowest BCUT2D eigenvalue weighted by Gasteiger charge is -2.21. The lowest BCUT2D eigenvalue weighted by Crippen LogP contribution is -2.32. The molecule has 1 aromatic carbocycles. The molecular formula is C15H13FN2O4. The zero-order chi connectivity index (χ0) is 15.7. The van der Waals surface area contributed by atoms with Gasteiger partial charge in [-0.05, 0) is 25.0 Å². The van der Waals surface area contributed by atoms with Gasteiger partial charge in [0.2, 0.25) is 0 Å². The first kappa shape index (κ1) is 14.2. The summed E-state index contributed by atoms with van der Waals surface area (Å²) in [5.74, 6) is -1.43. The van der Waals surface area contributed by atoms with Crippen LogP contribution in [0, 0.1) is 15.9 Å². The van der Waals surface area contributed by atoms with Gasteiger partial charge in [-0.2, -0.15) is 0 Å². The number of hydrogen-bond donors (Lipinski definition) is 0. The normalized spacial score (nSPS) is 13.9. The number of nitrogens with zero attached hydrogens (tertiary/aromatic N) is 2. The van der Waals surface area contributed by atoms with Crippen LogP contribution in [0.2, 0.25) is 0 Å². The highest BCUT2D eigenvalue weighted by molar-refractivity contribution is 5.92. The second-order valence-corrected chi connectivity index (χ2v) is 5.15. The van der Waals surface area contributed by atoms with Gasteiger partial charge in [0, 0.05) is 18.2 Å². The van der Waals surface area contributed by atoms with Gasteiger partial charge in [0.05, 0.1) is 6.07 Å². The highest BCUT2D eigenvalue weighted by Crippen LogP contribution is 2.31. The molecule has 1 amide bonds. The van der Waals surface area contributed by atoms with Crippen molar-refractivity contribution in [3.05, 3.63) is 63.7 Å². The Morgan fingerprint density at radius 3 is 2.64 bits per heavy atom. The molecule has 2 aromatic rings. The van der Waals surface area contributed by atoms with Crippen LogP contribution < -0.4 is 0 Å². The average molecular weight is 304 g/mol. The van der Waals surface area contributed by atoms with E-state index in [2.05, 4.69) is 0 Å². The van der Waals surface area contributed by atoms with E-state index in [1.165, 1.54) is 17.0 Å². The van der Waals surface area contributed by atoms with Gasteiger partial charge in [-0.15, -0.1) is 0 Å². The van der Waals surface area contributed by atoms with Gasteiger partial charge in [-0.1, -0.05) is 18.2 Å². The largest absolute Gasteiger partial charge is 0.433 e. The monoisotopic (exact) mass is 304 g/mol. The first-order valence-electron chi connectivity index (χ1n) is 6.85. The summed E-state index contributed by atoms with van der Waals surface area (Å²) >= 11 is 0. The predicted octanol–water partition coefficient (Wildman–Crippen LogP) is 3.13. The molecule has 7 heteroatoms. The Balaban J connectivity index is 1.83. The number of carbonyl (C=O) groups is 1. The number of halogens is 1. The van der Waals surface area contributed by atoms with E-state index in [1.807, 2.05) is 0 Å². The summed E-state index contributed by atoms with van der Waals surface area (Å²) in [5, 5.41) is 10.6. The molecule has 1 fully saturated rings. The quantitative estimate of drug-likeness (QED) is 0.628. The van der Waals surface area contributed by atoms with E-state index >= 15 is 0 Å². The van der Waals surface area contributed by atoms with Crippen LogP contribution in [0.3, 0.4) is 0 Å². The van der Waals surface area contributed by atoms with E-state index in [0.717, 1.165) is 18.9 Å². The third-order valence-corrected chi connectivity index (χ3v) is 3.53. The van der Waals surface area contributed by atoms with Crippen molar-refractivity contribution in [1.82, 2.24) is 4.90 Å². The SMILES string of the molecule is O=C(c1ccc([N+](=O)[O-])o1)N(Cc1ccccc1F)C1CC1. The smallest absolute Gasteiger partial charge is 0.395 e. The molecule has 0 unspecified atom stereocenters. The van der Waals surface area contributed by atoms with Gasteiger partial charge in [-0.3, -0.25) is 14.9 Å². The number of nitro groups is 1. The Morgan fingerprint density at radius 1 is 1.32 bits per heavy atom. The Morgan fingerprint density at radius 2 is 2.05 bits per heavy atom. The molecule has 0 N–H and O–H groups in total. The summed E-state index contributed by atoms with van der Waals surface area (Å²) < 4.78 is 18.7. The molecule has 1 aliphatic rings. The molecule has 1 heterocycles. The van der Waals surface area contributed by atoms with Crippen molar-refractivity contribution in [3.8, 4) is 0 Å². The zero-order valence-corrected chi connectivity index (χ0v) is 11.6. The molecule has 1 aromatic heterocycles. The lowest BCUT2D eigenvalue weighted by molar-refractivity contribution is -0.402. The topological polar surface area (TPSA) is 76.6 Å². The van der Waals surface area contributed by atoms with Crippen LogP contribution in [-0.2, 0) is 6.54 Å². The van der Waals surface area contributed by atoms with Crippen molar-refractivity contribution in [3.63, 3.8) is 0 Å². The number of carbonyl (C=O) groups excluding carboxylic acids is 1. The molecule has 1 aliphatic carbocycles. The fraction of sp³-hybridized carbons (Fsp3) is 0.267. The van der Waals surface area contributed by atoms with E-state index in [-0.39, 0.29) is 24.2 Å². The third kappa shape index (κ3) is 2.83. The summed E-state index contributed by atoms with van der Waals surface area (Å²) in [5.41, 5.74) is 0.406. The summed E-state index contributed by atoms with van der Waals surface area (Å²) in [6.45, 7) is 0.116. The molecule has 1 saturated carbocycles. The Bertz CT molecular complexity index is 724. The van der Waals surface area contributed by atoms with E-state index in [4.69, 9.17) is 4.42 Å². The van der Waals surface area contributed by atoms with Crippen LogP contribution >= 0.6 is 0 Å². The van der Waals surface area contributed by atoms with Crippen molar-refractivity contribution in [2.24, 2.45) is 0 Å². The maximum absolute atomic E-state index is 13.8. The molecule has 3 rings (SSSR count). The fourth-order valence-corrected chi connectivity index (χ4v) is 2.25. The van der Waals surface area contributed by atoms with Crippen LogP contribution in [0.25, 0.3) is 0 Å². The van der Waals surface area contributed by atoms with Crippen LogP contribution in [0.15, 0.2) is 40.8 Å². The van der Waals surface area contributed by atoms with E-state index < -0.39 is 16.7 Å². The number of amides is 1. The van der Waals surface area contributed by atoms with E-state index in [9.17, 15) is 19.3 Å². The zero-order valence-electron chi connectivity index (χ0n) is 11.6. The standard InChI is InChI=1S/C15H13FN2O4/c16-12-4-2-1-3-10(12)9-17(11-5-6-11)15(19)13-7-8-14(22-13)18(20)21/h1-4,7-8,11H,5-6,9H2. The molecular weight excluding hydrogens is 291 g/mol. The summed E-state index contributed by atoms with van der Waals surface area (Å²) in [7, 11) is 0. The minimum atomic E-state index is -0.699. The predicted molar refractivity (Wildman–Crippen MR) is 74.7 cm³/mol. The molecule has 22 heavy (non-hydrogen) atoms. The number of rotatable bonds is 5. The average Bonchev–Trinajstić information content (AvgIpc) is 3.21. The minimum absolute atomic E-state index is 0.0243. The number of benzene rings is 1. The van der Waals surface area contributed by atoms with Crippen LogP contribution in [0.5, 0.6) is 0 Å². The maximum atomic E-state index is 13.8. The first-order chi connectivity index (χ1) is 10.6. The maximum Gasteiger partial charge on any atom is 0.433 e. The van der Waals surface area contributed by atoms with E-state index in [0.29, 0.717) is 5.56 Å². The van der Waals surface area contributed by atoms with Gasteiger partial charge < -0.3 is 9.32 Å². The van der Waals surface area contributed by atoms with Crippen molar-refractivity contribution in [1.29, 1.82) is 0 Å². The summed E-state index contributed by atoms with van der Waals surface area (Å²) in [4.78, 5) is 23.9. The first-order valence-corrected chi connectivity index (χ1v) is 6.85. The van der Waals surface area contributed by atoms with Gasteiger partial charge in [-0.25, -0.2) is 4.39 Å². The Hall–Kier alpha value is -2.70.